The topological polar surface area (TPSA) is 75.9 Å². The highest BCUT2D eigenvalue weighted by Gasteiger charge is 2.40. The van der Waals surface area contributed by atoms with Crippen molar-refractivity contribution in [2.75, 3.05) is 6.54 Å². The van der Waals surface area contributed by atoms with Crippen LogP contribution in [0.3, 0.4) is 0 Å². The minimum absolute atomic E-state index is 0.0793. The molecule has 0 amide bonds. The number of tetrazole rings is 1. The van der Waals surface area contributed by atoms with Gasteiger partial charge in [0, 0.05) is 18.2 Å². The van der Waals surface area contributed by atoms with Crippen molar-refractivity contribution < 1.29 is 13.9 Å². The lowest BCUT2D eigenvalue weighted by molar-refractivity contribution is 0.0762. The summed E-state index contributed by atoms with van der Waals surface area (Å²) in [5, 5.41) is 26.5. The summed E-state index contributed by atoms with van der Waals surface area (Å²) in [5.41, 5.74) is 1.78. The highest BCUT2D eigenvalue weighted by Crippen LogP contribution is 2.41. The Hall–Kier alpha value is -2.45. The van der Waals surface area contributed by atoms with Crippen LogP contribution in [0.2, 0.25) is 0 Å². The number of β-amino-alcohol motifs (C(OH)–C–C–N with tert-alkyl or cyclic N) is 1. The van der Waals surface area contributed by atoms with Gasteiger partial charge in [0.15, 0.2) is 0 Å². The number of nitrogens with one attached hydrogen (secondary N) is 1. The van der Waals surface area contributed by atoms with E-state index in [2.05, 4.69) is 59.8 Å². The maximum Gasteiger partial charge on any atom is 0.138 e. The number of nitrogens with zero attached hydrogens (tertiary/aromatic N) is 4. The molecule has 0 bridgehead atoms. The van der Waals surface area contributed by atoms with Crippen LogP contribution < -0.4 is 5.32 Å². The molecule has 1 heterocycles. The first-order valence-corrected chi connectivity index (χ1v) is 12.7. The lowest BCUT2D eigenvalue weighted by Crippen LogP contribution is -2.55. The second-order valence-corrected chi connectivity index (χ2v) is 11.1. The highest BCUT2D eigenvalue weighted by atomic mass is 19.1. The fourth-order valence-electron chi connectivity index (χ4n) is 5.57. The molecule has 0 spiro atoms. The first-order chi connectivity index (χ1) is 16.7. The molecular weight excluding hydrogens is 448 g/mol. The maximum absolute atomic E-state index is 13.8. The Morgan fingerprint density at radius 1 is 1.14 bits per heavy atom. The zero-order chi connectivity index (χ0) is 25.1. The largest absolute Gasteiger partial charge is 0.390 e. The second-order valence-electron chi connectivity index (χ2n) is 11.1. The van der Waals surface area contributed by atoms with Crippen molar-refractivity contribution in [3.63, 3.8) is 0 Å². The third-order valence-corrected chi connectivity index (χ3v) is 7.57. The molecule has 3 atom stereocenters. The molecule has 2 aliphatic rings. The van der Waals surface area contributed by atoms with E-state index < -0.39 is 23.8 Å². The molecule has 8 heteroatoms. The average molecular weight is 486 g/mol. The van der Waals surface area contributed by atoms with Gasteiger partial charge >= 0.3 is 0 Å². The van der Waals surface area contributed by atoms with Crippen LogP contribution in [0.4, 0.5) is 8.78 Å². The van der Waals surface area contributed by atoms with E-state index in [0.29, 0.717) is 18.0 Å². The van der Waals surface area contributed by atoms with Crippen molar-refractivity contribution in [2.24, 2.45) is 11.3 Å². The smallest absolute Gasteiger partial charge is 0.138 e. The average Bonchev–Trinajstić information content (AvgIpc) is 3.35. The Morgan fingerprint density at radius 3 is 2.49 bits per heavy atom. The normalized spacial score (nSPS) is 22.0. The molecule has 4 rings (SSSR count). The molecule has 2 aliphatic carbocycles. The van der Waals surface area contributed by atoms with E-state index >= 15 is 0 Å². The molecule has 3 unspecified atom stereocenters. The van der Waals surface area contributed by atoms with E-state index in [0.717, 1.165) is 38.2 Å². The summed E-state index contributed by atoms with van der Waals surface area (Å²) in [7, 11) is 0. The molecule has 0 saturated heterocycles. The Bertz CT molecular complexity index is 1020. The summed E-state index contributed by atoms with van der Waals surface area (Å²) in [5.74, 6) is -0.940. The molecule has 6 nitrogen and oxygen atoms in total. The summed E-state index contributed by atoms with van der Waals surface area (Å²) in [6.07, 6.45) is 14.4. The fraction of sp³-hybridized carbons (Fsp3) is 0.593. The third kappa shape index (κ3) is 6.22. The van der Waals surface area contributed by atoms with Crippen LogP contribution in [0.25, 0.3) is 0 Å². The van der Waals surface area contributed by atoms with Gasteiger partial charge in [0.05, 0.1) is 12.1 Å². The lowest BCUT2D eigenvalue weighted by Gasteiger charge is -2.45. The van der Waals surface area contributed by atoms with Gasteiger partial charge in [-0.2, -0.15) is 0 Å². The standard InChI is InChI=1S/C27H37F2N5O/c1-26(2,3)20-8-7-9-21(15-20)27(10-5-4-6-11-27)30-17-25(35)24(34-18-31-32-33-34)14-19-12-22(28)16-23(29)13-19/h7-8,12-13,15-16,18,21,24-25,30,35H,4-6,9-11,14,17H2,1-3H3. The van der Waals surface area contributed by atoms with E-state index in [1.165, 1.54) is 35.1 Å². The first kappa shape index (κ1) is 25.6. The van der Waals surface area contributed by atoms with Crippen molar-refractivity contribution in [1.82, 2.24) is 25.5 Å². The minimum atomic E-state index is -0.853. The number of halogens is 2. The Balaban J connectivity index is 1.54. The number of allylic oxidation sites excluding steroid dienone is 3. The van der Waals surface area contributed by atoms with E-state index in [1.807, 2.05) is 0 Å². The zero-order valence-electron chi connectivity index (χ0n) is 20.9. The van der Waals surface area contributed by atoms with Gasteiger partial charge in [0.25, 0.3) is 0 Å². The van der Waals surface area contributed by atoms with Gasteiger partial charge in [0.2, 0.25) is 0 Å². The summed E-state index contributed by atoms with van der Waals surface area (Å²) in [4.78, 5) is 0. The molecular formula is C27H37F2N5O. The van der Waals surface area contributed by atoms with E-state index in [4.69, 9.17) is 0 Å². The van der Waals surface area contributed by atoms with Crippen LogP contribution in [0.5, 0.6) is 0 Å². The SMILES string of the molecule is CC(C)(C)C1=CC(C2(NCC(O)C(Cc3cc(F)cc(F)c3)n3cnnn3)CCCCC2)CC=C1. The van der Waals surface area contributed by atoms with Crippen molar-refractivity contribution in [1.29, 1.82) is 0 Å². The molecule has 2 aromatic rings. The van der Waals surface area contributed by atoms with Gasteiger partial charge in [-0.1, -0.05) is 58.3 Å². The van der Waals surface area contributed by atoms with Gasteiger partial charge < -0.3 is 10.4 Å². The number of hydrogen-bond acceptors (Lipinski definition) is 5. The van der Waals surface area contributed by atoms with E-state index in [1.54, 1.807) is 0 Å². The summed E-state index contributed by atoms with van der Waals surface area (Å²) in [6.45, 7) is 7.05. The Morgan fingerprint density at radius 2 is 1.86 bits per heavy atom. The number of aromatic nitrogens is 4. The van der Waals surface area contributed by atoms with Crippen molar-refractivity contribution in [3.05, 3.63) is 65.5 Å². The zero-order valence-corrected chi connectivity index (χ0v) is 20.9. The van der Waals surface area contributed by atoms with Crippen LogP contribution in [0.1, 0.15) is 70.9 Å². The quantitative estimate of drug-likeness (QED) is 0.554. The van der Waals surface area contributed by atoms with Crippen molar-refractivity contribution in [2.45, 2.75) is 83.4 Å². The third-order valence-electron chi connectivity index (χ3n) is 7.57. The van der Waals surface area contributed by atoms with Crippen LogP contribution >= 0.6 is 0 Å². The van der Waals surface area contributed by atoms with Crippen molar-refractivity contribution >= 4 is 0 Å². The van der Waals surface area contributed by atoms with Gasteiger partial charge in [-0.15, -0.1) is 5.10 Å². The van der Waals surface area contributed by atoms with Gasteiger partial charge in [-0.25, -0.2) is 13.5 Å². The lowest BCUT2D eigenvalue weighted by atomic mass is 9.68. The highest BCUT2D eigenvalue weighted by molar-refractivity contribution is 5.31. The van der Waals surface area contributed by atoms with Crippen LogP contribution in [-0.4, -0.2) is 43.5 Å². The second kappa shape index (κ2) is 10.7. The molecule has 1 aromatic heterocycles. The van der Waals surface area contributed by atoms with E-state index in [-0.39, 0.29) is 17.4 Å². The molecule has 35 heavy (non-hydrogen) atoms. The molecule has 1 saturated carbocycles. The predicted octanol–water partition coefficient (Wildman–Crippen LogP) is 4.94. The summed E-state index contributed by atoms with van der Waals surface area (Å²) in [6, 6.07) is 2.86. The monoisotopic (exact) mass is 485 g/mol. The number of aliphatic hydroxyl groups is 1. The van der Waals surface area contributed by atoms with Crippen LogP contribution in [-0.2, 0) is 6.42 Å². The van der Waals surface area contributed by atoms with E-state index in [9.17, 15) is 13.9 Å². The van der Waals surface area contributed by atoms with Crippen molar-refractivity contribution in [3.8, 4) is 0 Å². The van der Waals surface area contributed by atoms with Gasteiger partial charge in [0.1, 0.15) is 18.0 Å². The predicted molar refractivity (Wildman–Crippen MR) is 132 cm³/mol. The molecule has 1 fully saturated rings. The summed E-state index contributed by atoms with van der Waals surface area (Å²) >= 11 is 0. The number of hydrogen-bond donors (Lipinski definition) is 2. The van der Waals surface area contributed by atoms with Crippen LogP contribution in [0.15, 0.2) is 48.3 Å². The molecule has 0 aliphatic heterocycles. The Kier molecular flexibility index (Phi) is 7.81. The molecule has 0 radical (unpaired) electrons. The minimum Gasteiger partial charge on any atom is -0.390 e. The summed E-state index contributed by atoms with van der Waals surface area (Å²) < 4.78 is 29.1. The first-order valence-electron chi connectivity index (χ1n) is 12.7. The fourth-order valence-corrected chi connectivity index (χ4v) is 5.57. The molecule has 1 aromatic carbocycles. The molecule has 190 valence electrons. The van der Waals surface area contributed by atoms with Gasteiger partial charge in [-0.05, 0) is 70.7 Å². The maximum atomic E-state index is 13.8. The Labute approximate surface area is 206 Å². The van der Waals surface area contributed by atoms with Crippen LogP contribution in [0, 0.1) is 23.0 Å². The molecule has 2 N–H and O–H groups in total. The number of benzene rings is 1. The van der Waals surface area contributed by atoms with Gasteiger partial charge in [-0.3, -0.25) is 0 Å². The number of aliphatic hydroxyl groups excluding tert-OH is 1. The number of rotatable bonds is 8.